The average Bonchev–Trinajstić information content (AvgIpc) is 3.76. The number of alkyl halides is 3. The van der Waals surface area contributed by atoms with E-state index >= 15 is 0 Å². The summed E-state index contributed by atoms with van der Waals surface area (Å²) in [4.78, 5) is 39.3. The van der Waals surface area contributed by atoms with Crippen molar-refractivity contribution in [3.63, 3.8) is 0 Å². The van der Waals surface area contributed by atoms with E-state index in [0.29, 0.717) is 12.1 Å². The number of ether oxygens (including phenoxy) is 1. The normalized spacial score (nSPS) is 18.7. The summed E-state index contributed by atoms with van der Waals surface area (Å²) in [5.41, 5.74) is 18.4. The summed E-state index contributed by atoms with van der Waals surface area (Å²) in [6.45, 7) is 0.729. The molecule has 4 rings (SSSR count). The number of aliphatic imine (C=N–C) groups is 3. The Bertz CT molecular complexity index is 1450. The number of amides is 2. The van der Waals surface area contributed by atoms with E-state index in [1.54, 1.807) is 24.1 Å². The molecule has 45 heavy (non-hydrogen) atoms. The maximum Gasteiger partial charge on any atom is 0.422 e. The molecule has 1 aliphatic carbocycles. The summed E-state index contributed by atoms with van der Waals surface area (Å²) in [5, 5.41) is 8.53. The minimum atomic E-state index is -4.57. The number of hydrogen-bond acceptors (Lipinski definition) is 7. The monoisotopic (exact) mass is 630 g/mol. The molecule has 1 aliphatic heterocycles. The lowest BCUT2D eigenvalue weighted by Gasteiger charge is -2.34. The van der Waals surface area contributed by atoms with Crippen LogP contribution in [0.2, 0.25) is 0 Å². The van der Waals surface area contributed by atoms with Gasteiger partial charge in [0.15, 0.2) is 12.6 Å². The number of carbonyl (C=O) groups is 2. The van der Waals surface area contributed by atoms with E-state index in [1.165, 1.54) is 12.1 Å². The van der Waals surface area contributed by atoms with Gasteiger partial charge in [0.05, 0.1) is 5.54 Å². The lowest BCUT2D eigenvalue weighted by atomic mass is 10.0. The van der Waals surface area contributed by atoms with Crippen LogP contribution in [0.3, 0.4) is 0 Å². The Kier molecular flexibility index (Phi) is 10.0. The van der Waals surface area contributed by atoms with Crippen LogP contribution in [0.5, 0.6) is 0 Å². The van der Waals surface area contributed by atoms with Gasteiger partial charge < -0.3 is 37.5 Å². The molecular formula is C29H37F3N10O3. The van der Waals surface area contributed by atoms with Crippen molar-refractivity contribution < 1.29 is 27.5 Å². The third kappa shape index (κ3) is 9.23. The van der Waals surface area contributed by atoms with Gasteiger partial charge in [-0.25, -0.2) is 4.99 Å². The predicted molar refractivity (Wildman–Crippen MR) is 164 cm³/mol. The second-order valence-electron chi connectivity index (χ2n) is 10.9. The Morgan fingerprint density at radius 3 is 2.38 bits per heavy atom. The number of hydrogen-bond donors (Lipinski definition) is 6. The van der Waals surface area contributed by atoms with Crippen LogP contribution in [-0.4, -0.2) is 73.4 Å². The van der Waals surface area contributed by atoms with Gasteiger partial charge >= 0.3 is 6.18 Å². The zero-order valence-corrected chi connectivity index (χ0v) is 24.9. The molecule has 0 saturated heterocycles. The van der Waals surface area contributed by atoms with Crippen molar-refractivity contribution in [1.29, 1.82) is 0 Å². The zero-order chi connectivity index (χ0) is 32.8. The number of primary amides is 1. The van der Waals surface area contributed by atoms with Gasteiger partial charge in [0.1, 0.15) is 6.04 Å². The molecule has 2 aromatic carbocycles. The molecule has 2 amide bonds. The van der Waals surface area contributed by atoms with E-state index in [-0.39, 0.29) is 36.5 Å². The number of nitrogens with one attached hydrogen (secondary N) is 3. The fourth-order valence-corrected chi connectivity index (χ4v) is 4.54. The van der Waals surface area contributed by atoms with Crippen molar-refractivity contribution in [2.45, 2.75) is 56.7 Å². The van der Waals surface area contributed by atoms with Crippen molar-refractivity contribution in [3.05, 3.63) is 65.2 Å². The molecule has 9 N–H and O–H groups in total. The molecule has 1 heterocycles. The topological polar surface area (TPSA) is 198 Å². The third-order valence-corrected chi connectivity index (χ3v) is 7.20. The highest BCUT2D eigenvalue weighted by Crippen LogP contribution is 2.49. The Balaban J connectivity index is 1.48. The van der Waals surface area contributed by atoms with Crippen LogP contribution in [0.25, 0.3) is 0 Å². The summed E-state index contributed by atoms with van der Waals surface area (Å²) < 4.78 is 43.8. The van der Waals surface area contributed by atoms with E-state index in [4.69, 9.17) is 26.9 Å². The van der Waals surface area contributed by atoms with Gasteiger partial charge in [0.2, 0.25) is 18.2 Å². The van der Waals surface area contributed by atoms with Gasteiger partial charge in [0, 0.05) is 24.8 Å². The maximum absolute atomic E-state index is 13.0. The molecule has 13 nitrogen and oxygen atoms in total. The average molecular weight is 631 g/mol. The van der Waals surface area contributed by atoms with E-state index in [9.17, 15) is 22.8 Å². The quantitative estimate of drug-likeness (QED) is 0.116. The molecule has 2 aromatic rings. The van der Waals surface area contributed by atoms with E-state index in [1.807, 2.05) is 31.2 Å². The van der Waals surface area contributed by atoms with Gasteiger partial charge in [-0.05, 0) is 62.4 Å². The maximum atomic E-state index is 13.0. The number of guanidine groups is 2. The summed E-state index contributed by atoms with van der Waals surface area (Å²) >= 11 is 0. The molecular weight excluding hydrogens is 593 g/mol. The molecule has 1 fully saturated rings. The first-order valence-corrected chi connectivity index (χ1v) is 14.2. The van der Waals surface area contributed by atoms with E-state index in [0.717, 1.165) is 24.0 Å². The van der Waals surface area contributed by atoms with Gasteiger partial charge in [-0.15, -0.1) is 0 Å². The SMILES string of the molecule is Cc1ccc(C2(N=C3NC(OCC(F)(F)F)=NC(Nc4ccc(C(=O)N[C@@H](CCCN=C(N)N)C(N)=O)cc4)N3C)CC2)cc1. The second-order valence-corrected chi connectivity index (χ2v) is 10.9. The van der Waals surface area contributed by atoms with Gasteiger partial charge in [-0.2, -0.15) is 18.2 Å². The fraction of sp³-hybridized carbons (Fsp3) is 0.414. The van der Waals surface area contributed by atoms with Crippen LogP contribution in [0.1, 0.15) is 47.2 Å². The standard InChI is InChI=1S/C29H37F3N10O3/c1-17-5-9-19(10-6-17)28(13-14-28)41-26-40-27(45-16-29(30,31)32)39-25(42(26)2)37-20-11-7-18(8-12-20)23(44)38-21(22(33)43)4-3-15-36-24(34)35/h5-12,21,25,37H,3-4,13-16H2,1-2H3,(H2,33,43)(H,38,44)(H4,34,35,36)(H,39,40,41)/t21-,25?/m0/s1. The van der Waals surface area contributed by atoms with Crippen molar-refractivity contribution in [3.8, 4) is 0 Å². The summed E-state index contributed by atoms with van der Waals surface area (Å²) in [6, 6.07) is 12.9. The molecule has 0 bridgehead atoms. The number of nitrogens with two attached hydrogens (primary N) is 3. The number of benzene rings is 2. The lowest BCUT2D eigenvalue weighted by molar-refractivity contribution is -0.156. The number of halogens is 3. The molecule has 2 aliphatic rings. The van der Waals surface area contributed by atoms with E-state index in [2.05, 4.69) is 25.9 Å². The van der Waals surface area contributed by atoms with Crippen LogP contribution in [-0.2, 0) is 15.1 Å². The Labute approximate surface area is 258 Å². The first-order valence-electron chi connectivity index (χ1n) is 14.2. The number of amidine groups is 1. The van der Waals surface area contributed by atoms with Crippen molar-refractivity contribution in [2.24, 2.45) is 32.2 Å². The van der Waals surface area contributed by atoms with Gasteiger partial charge in [-0.3, -0.25) is 19.9 Å². The van der Waals surface area contributed by atoms with E-state index < -0.39 is 42.5 Å². The number of nitrogens with zero attached hydrogens (tertiary/aromatic N) is 4. The van der Waals surface area contributed by atoms with Crippen molar-refractivity contribution >= 4 is 35.4 Å². The first-order chi connectivity index (χ1) is 21.2. The highest BCUT2D eigenvalue weighted by atomic mass is 19.4. The molecule has 0 spiro atoms. The highest BCUT2D eigenvalue weighted by molar-refractivity contribution is 5.99. The third-order valence-electron chi connectivity index (χ3n) is 7.20. The van der Waals surface area contributed by atoms with Crippen LogP contribution < -0.4 is 33.2 Å². The summed E-state index contributed by atoms with van der Waals surface area (Å²) in [6.07, 6.45) is -3.25. The number of rotatable bonds is 12. The minimum absolute atomic E-state index is 0.0765. The van der Waals surface area contributed by atoms with Gasteiger partial charge in [-0.1, -0.05) is 29.8 Å². The van der Waals surface area contributed by atoms with Crippen LogP contribution >= 0.6 is 0 Å². The minimum Gasteiger partial charge on any atom is -0.455 e. The number of anilines is 1. The molecule has 242 valence electrons. The summed E-state index contributed by atoms with van der Waals surface area (Å²) in [7, 11) is 1.69. The van der Waals surface area contributed by atoms with Crippen molar-refractivity contribution in [1.82, 2.24) is 15.5 Å². The number of aryl methyl sites for hydroxylation is 1. The molecule has 1 saturated carbocycles. The van der Waals surface area contributed by atoms with Crippen molar-refractivity contribution in [2.75, 3.05) is 25.5 Å². The molecule has 0 radical (unpaired) electrons. The first kappa shape index (κ1) is 32.9. The Morgan fingerprint density at radius 1 is 1.13 bits per heavy atom. The second kappa shape index (κ2) is 13.7. The molecule has 0 aromatic heterocycles. The smallest absolute Gasteiger partial charge is 0.422 e. The molecule has 16 heteroatoms. The molecule has 1 unspecified atom stereocenters. The summed E-state index contributed by atoms with van der Waals surface area (Å²) in [5.74, 6) is -1.01. The van der Waals surface area contributed by atoms with Crippen LogP contribution in [0.4, 0.5) is 18.9 Å². The zero-order valence-electron chi connectivity index (χ0n) is 24.9. The lowest BCUT2D eigenvalue weighted by Crippen LogP contribution is -2.55. The van der Waals surface area contributed by atoms with Crippen LogP contribution in [0.15, 0.2) is 63.5 Å². The van der Waals surface area contributed by atoms with Crippen LogP contribution in [0, 0.1) is 6.92 Å². The Hall–Kier alpha value is -5.02. The van der Waals surface area contributed by atoms with Gasteiger partial charge in [0.25, 0.3) is 11.9 Å². The number of carbonyl (C=O) groups excluding carboxylic acids is 2. The molecule has 2 atom stereocenters. The Morgan fingerprint density at radius 2 is 1.80 bits per heavy atom. The highest BCUT2D eigenvalue weighted by Gasteiger charge is 2.46. The fourth-order valence-electron chi connectivity index (χ4n) is 4.54. The predicted octanol–water partition coefficient (Wildman–Crippen LogP) is 1.84. The largest absolute Gasteiger partial charge is 0.455 e.